The number of hydrogen-bond donors (Lipinski definition) is 1. The topological polar surface area (TPSA) is 26.0 Å². The van der Waals surface area contributed by atoms with Gasteiger partial charge in [0, 0.05) is 5.54 Å². The van der Waals surface area contributed by atoms with Gasteiger partial charge in [0.15, 0.2) is 0 Å². The minimum Gasteiger partial charge on any atom is -0.324 e. The summed E-state index contributed by atoms with van der Waals surface area (Å²) >= 11 is 0. The highest BCUT2D eigenvalue weighted by atomic mass is 15.0. The van der Waals surface area contributed by atoms with E-state index in [1.165, 1.54) is 19.3 Å². The molecule has 3 aliphatic carbocycles. The zero-order valence-electron chi connectivity index (χ0n) is 6.51. The second-order valence-electron chi connectivity index (χ2n) is 4.39. The summed E-state index contributed by atoms with van der Waals surface area (Å²) in [5, 5.41) is 0. The fraction of sp³-hybridized carbons (Fsp3) is 1.00. The first-order valence-corrected chi connectivity index (χ1v) is 4.59. The Bertz CT molecular complexity index is 183. The Morgan fingerprint density at radius 3 is 2.70 bits per heavy atom. The predicted octanol–water partition coefficient (Wildman–Crippen LogP) is 1.38. The fourth-order valence-electron chi connectivity index (χ4n) is 4.07. The molecule has 0 aromatic heterocycles. The summed E-state index contributed by atoms with van der Waals surface area (Å²) in [4.78, 5) is 0. The lowest BCUT2D eigenvalue weighted by atomic mass is 9.65. The molecule has 1 heteroatoms. The molecule has 0 heterocycles. The van der Waals surface area contributed by atoms with Crippen molar-refractivity contribution in [3.8, 4) is 0 Å². The van der Waals surface area contributed by atoms with Crippen molar-refractivity contribution < 1.29 is 0 Å². The van der Waals surface area contributed by atoms with Crippen molar-refractivity contribution in [1.29, 1.82) is 0 Å². The van der Waals surface area contributed by atoms with Gasteiger partial charge in [-0.15, -0.1) is 0 Å². The fourth-order valence-corrected chi connectivity index (χ4v) is 4.07. The van der Waals surface area contributed by atoms with E-state index in [9.17, 15) is 0 Å². The molecule has 0 saturated heterocycles. The van der Waals surface area contributed by atoms with Gasteiger partial charge in [0.05, 0.1) is 0 Å². The van der Waals surface area contributed by atoms with E-state index in [0.29, 0.717) is 5.54 Å². The molecule has 10 heavy (non-hydrogen) atoms. The third-order valence-electron chi connectivity index (χ3n) is 4.42. The van der Waals surface area contributed by atoms with Crippen LogP contribution < -0.4 is 5.73 Å². The van der Waals surface area contributed by atoms with Crippen LogP contribution in [0.5, 0.6) is 0 Å². The van der Waals surface area contributed by atoms with Gasteiger partial charge >= 0.3 is 0 Å². The van der Waals surface area contributed by atoms with Crippen molar-refractivity contribution >= 4 is 0 Å². The molecule has 3 aliphatic rings. The lowest BCUT2D eigenvalue weighted by molar-refractivity contribution is 0.102. The number of rotatable bonds is 1. The Balaban J connectivity index is 1.93. The monoisotopic (exact) mass is 137 g/mol. The zero-order chi connectivity index (χ0) is 6.93. The summed E-state index contributed by atoms with van der Waals surface area (Å²) in [6, 6.07) is 0. The maximum absolute atomic E-state index is 6.24. The summed E-state index contributed by atoms with van der Waals surface area (Å²) in [7, 11) is 0. The SMILES string of the molecule is CC[C@@H]1[C@H]2CC[C@@H]3C2[C@]31N. The highest BCUT2D eigenvalue weighted by Crippen LogP contribution is 2.77. The van der Waals surface area contributed by atoms with Crippen LogP contribution in [0, 0.1) is 23.7 Å². The molecule has 0 aromatic rings. The van der Waals surface area contributed by atoms with Gasteiger partial charge in [-0.25, -0.2) is 0 Å². The molecule has 5 atom stereocenters. The van der Waals surface area contributed by atoms with Crippen LogP contribution in [0.25, 0.3) is 0 Å². The first kappa shape index (κ1) is 5.59. The highest BCUT2D eigenvalue weighted by molar-refractivity contribution is 5.33. The molecule has 3 rings (SSSR count). The van der Waals surface area contributed by atoms with Crippen LogP contribution >= 0.6 is 0 Å². The molecule has 1 unspecified atom stereocenters. The van der Waals surface area contributed by atoms with Gasteiger partial charge in [-0.3, -0.25) is 0 Å². The average Bonchev–Trinajstić information content (AvgIpc) is 2.33. The standard InChI is InChI=1S/C9H15N/c1-2-6-5-3-4-7-8(5)9(6,7)10/h5-8H,2-4,10H2,1H3/t5-,6-,7-,8?,9-/m1/s1. The lowest BCUT2D eigenvalue weighted by Gasteiger charge is -2.43. The molecule has 2 N–H and O–H groups in total. The van der Waals surface area contributed by atoms with E-state index in [4.69, 9.17) is 5.73 Å². The van der Waals surface area contributed by atoms with Crippen molar-refractivity contribution in [3.63, 3.8) is 0 Å². The molecule has 0 aromatic carbocycles. The third kappa shape index (κ3) is 0.315. The van der Waals surface area contributed by atoms with E-state index >= 15 is 0 Å². The first-order valence-electron chi connectivity index (χ1n) is 4.59. The van der Waals surface area contributed by atoms with Gasteiger partial charge in [-0.1, -0.05) is 13.3 Å². The van der Waals surface area contributed by atoms with Crippen LogP contribution in [0.1, 0.15) is 26.2 Å². The Morgan fingerprint density at radius 1 is 1.50 bits per heavy atom. The summed E-state index contributed by atoms with van der Waals surface area (Å²) in [5.41, 5.74) is 6.61. The van der Waals surface area contributed by atoms with Crippen molar-refractivity contribution in [2.45, 2.75) is 31.7 Å². The Labute approximate surface area is 62.0 Å². The van der Waals surface area contributed by atoms with Crippen molar-refractivity contribution in [2.75, 3.05) is 0 Å². The molecule has 0 aliphatic heterocycles. The van der Waals surface area contributed by atoms with Crippen LogP contribution in [0.4, 0.5) is 0 Å². The van der Waals surface area contributed by atoms with Crippen LogP contribution in [0.15, 0.2) is 0 Å². The van der Waals surface area contributed by atoms with Crippen molar-refractivity contribution in [3.05, 3.63) is 0 Å². The van der Waals surface area contributed by atoms with E-state index < -0.39 is 0 Å². The van der Waals surface area contributed by atoms with E-state index in [2.05, 4.69) is 6.92 Å². The van der Waals surface area contributed by atoms with E-state index in [1.807, 2.05) is 0 Å². The number of hydrogen-bond acceptors (Lipinski definition) is 1. The second kappa shape index (κ2) is 1.29. The number of nitrogens with two attached hydrogens (primary N) is 1. The average molecular weight is 137 g/mol. The first-order chi connectivity index (χ1) is 4.80. The van der Waals surface area contributed by atoms with Crippen LogP contribution in [0.2, 0.25) is 0 Å². The molecule has 0 radical (unpaired) electrons. The van der Waals surface area contributed by atoms with Crippen LogP contribution in [-0.4, -0.2) is 5.54 Å². The van der Waals surface area contributed by atoms with Gasteiger partial charge < -0.3 is 5.73 Å². The summed E-state index contributed by atoms with van der Waals surface area (Å²) in [6.07, 6.45) is 4.27. The maximum Gasteiger partial charge on any atom is 0.0252 e. The molecule has 0 amide bonds. The van der Waals surface area contributed by atoms with E-state index in [0.717, 1.165) is 23.7 Å². The molecule has 3 saturated carbocycles. The molecule has 1 nitrogen and oxygen atoms in total. The number of fused-ring (bicyclic) bond motifs is 1. The smallest absolute Gasteiger partial charge is 0.0252 e. The van der Waals surface area contributed by atoms with Crippen molar-refractivity contribution in [1.82, 2.24) is 0 Å². The van der Waals surface area contributed by atoms with E-state index in [1.54, 1.807) is 0 Å². The normalized spacial score (nSPS) is 69.0. The summed E-state index contributed by atoms with van der Waals surface area (Å²) in [6.45, 7) is 2.29. The van der Waals surface area contributed by atoms with Gasteiger partial charge in [0.25, 0.3) is 0 Å². The third-order valence-corrected chi connectivity index (χ3v) is 4.42. The highest BCUT2D eigenvalue weighted by Gasteiger charge is 2.80. The van der Waals surface area contributed by atoms with Gasteiger partial charge in [-0.05, 0) is 36.5 Å². The lowest BCUT2D eigenvalue weighted by Crippen LogP contribution is -2.51. The Morgan fingerprint density at radius 2 is 2.30 bits per heavy atom. The largest absolute Gasteiger partial charge is 0.324 e. The van der Waals surface area contributed by atoms with Crippen LogP contribution in [0.3, 0.4) is 0 Å². The van der Waals surface area contributed by atoms with Gasteiger partial charge in [-0.2, -0.15) is 0 Å². The summed E-state index contributed by atoms with van der Waals surface area (Å²) in [5.74, 6) is 3.91. The molecule has 3 fully saturated rings. The Hall–Kier alpha value is -0.0400. The van der Waals surface area contributed by atoms with E-state index in [-0.39, 0.29) is 0 Å². The molecule has 0 bridgehead atoms. The minimum absolute atomic E-state index is 0.373. The maximum atomic E-state index is 6.24. The summed E-state index contributed by atoms with van der Waals surface area (Å²) < 4.78 is 0. The zero-order valence-corrected chi connectivity index (χ0v) is 6.51. The Kier molecular flexibility index (Phi) is 0.722. The molecule has 0 spiro atoms. The van der Waals surface area contributed by atoms with Crippen LogP contribution in [-0.2, 0) is 0 Å². The predicted molar refractivity (Wildman–Crippen MR) is 40.4 cm³/mol. The van der Waals surface area contributed by atoms with Crippen molar-refractivity contribution in [2.24, 2.45) is 29.4 Å². The second-order valence-corrected chi connectivity index (χ2v) is 4.39. The minimum atomic E-state index is 0.373. The molecular formula is C9H15N. The molecule has 56 valence electrons. The van der Waals surface area contributed by atoms with Gasteiger partial charge in [0.2, 0.25) is 0 Å². The molecular weight excluding hydrogens is 122 g/mol. The quantitative estimate of drug-likeness (QED) is 0.580. The van der Waals surface area contributed by atoms with Gasteiger partial charge in [0.1, 0.15) is 0 Å².